The lowest BCUT2D eigenvalue weighted by Gasteiger charge is -2.09. The topological polar surface area (TPSA) is 47.6 Å². The SMILES string of the molecule is Cc1ccc(OCCCCOc2ccc(C(=O)NCCc3ccccc3)cc2)cc1. The summed E-state index contributed by atoms with van der Waals surface area (Å²) in [5.74, 6) is 1.61. The van der Waals surface area contributed by atoms with E-state index in [1.165, 1.54) is 11.1 Å². The van der Waals surface area contributed by atoms with Gasteiger partial charge in [0.15, 0.2) is 0 Å². The molecule has 4 heteroatoms. The molecule has 0 radical (unpaired) electrons. The minimum Gasteiger partial charge on any atom is -0.494 e. The van der Waals surface area contributed by atoms with Crippen molar-refractivity contribution in [2.24, 2.45) is 0 Å². The van der Waals surface area contributed by atoms with Crippen LogP contribution in [0.5, 0.6) is 11.5 Å². The minimum atomic E-state index is -0.0641. The summed E-state index contributed by atoms with van der Waals surface area (Å²) >= 11 is 0. The van der Waals surface area contributed by atoms with Gasteiger partial charge in [0.2, 0.25) is 0 Å². The average Bonchev–Trinajstić information content (AvgIpc) is 2.78. The molecular weight excluding hydrogens is 374 g/mol. The van der Waals surface area contributed by atoms with Crippen molar-refractivity contribution >= 4 is 5.91 Å². The molecule has 4 nitrogen and oxygen atoms in total. The van der Waals surface area contributed by atoms with E-state index in [9.17, 15) is 4.79 Å². The van der Waals surface area contributed by atoms with E-state index in [0.717, 1.165) is 30.8 Å². The van der Waals surface area contributed by atoms with Crippen LogP contribution in [0, 0.1) is 6.92 Å². The minimum absolute atomic E-state index is 0.0641. The molecule has 0 fully saturated rings. The van der Waals surface area contributed by atoms with Gasteiger partial charge in [-0.2, -0.15) is 0 Å². The number of carbonyl (C=O) groups excluding carboxylic acids is 1. The van der Waals surface area contributed by atoms with E-state index in [1.807, 2.05) is 54.6 Å². The zero-order valence-corrected chi connectivity index (χ0v) is 17.5. The summed E-state index contributed by atoms with van der Waals surface area (Å²) in [6.07, 6.45) is 2.66. The third kappa shape index (κ3) is 7.28. The molecule has 0 aliphatic heterocycles. The summed E-state index contributed by atoms with van der Waals surface area (Å²) in [6.45, 7) is 3.98. The highest BCUT2D eigenvalue weighted by Crippen LogP contribution is 2.14. The molecule has 0 bridgehead atoms. The predicted molar refractivity (Wildman–Crippen MR) is 120 cm³/mol. The van der Waals surface area contributed by atoms with Gasteiger partial charge in [0.25, 0.3) is 5.91 Å². The van der Waals surface area contributed by atoms with Crippen LogP contribution in [0.15, 0.2) is 78.9 Å². The lowest BCUT2D eigenvalue weighted by atomic mass is 10.1. The van der Waals surface area contributed by atoms with Crippen LogP contribution in [0.3, 0.4) is 0 Å². The molecule has 0 saturated carbocycles. The monoisotopic (exact) mass is 403 g/mol. The van der Waals surface area contributed by atoms with E-state index in [4.69, 9.17) is 9.47 Å². The van der Waals surface area contributed by atoms with E-state index in [1.54, 1.807) is 12.1 Å². The second-order valence-electron chi connectivity index (χ2n) is 7.23. The van der Waals surface area contributed by atoms with Crippen molar-refractivity contribution in [2.45, 2.75) is 26.2 Å². The number of amides is 1. The Morgan fingerprint density at radius 1 is 0.767 bits per heavy atom. The second-order valence-corrected chi connectivity index (χ2v) is 7.23. The second kappa shape index (κ2) is 11.7. The first-order valence-electron chi connectivity index (χ1n) is 10.5. The van der Waals surface area contributed by atoms with Crippen LogP contribution in [0.1, 0.15) is 34.3 Å². The Labute approximate surface area is 178 Å². The molecule has 0 unspecified atom stereocenters. The normalized spacial score (nSPS) is 10.4. The summed E-state index contributed by atoms with van der Waals surface area (Å²) in [4.78, 5) is 12.2. The van der Waals surface area contributed by atoms with Crippen molar-refractivity contribution in [1.29, 1.82) is 0 Å². The fourth-order valence-corrected chi connectivity index (χ4v) is 2.99. The summed E-state index contributed by atoms with van der Waals surface area (Å²) < 4.78 is 11.5. The first-order valence-corrected chi connectivity index (χ1v) is 10.5. The molecule has 0 heterocycles. The van der Waals surface area contributed by atoms with Gasteiger partial charge in [0, 0.05) is 12.1 Å². The highest BCUT2D eigenvalue weighted by Gasteiger charge is 2.05. The first kappa shape index (κ1) is 21.4. The van der Waals surface area contributed by atoms with Crippen molar-refractivity contribution in [2.75, 3.05) is 19.8 Å². The molecular formula is C26H29NO3. The van der Waals surface area contributed by atoms with Crippen molar-refractivity contribution in [3.05, 3.63) is 95.6 Å². The first-order chi connectivity index (χ1) is 14.7. The number of carbonyl (C=O) groups is 1. The quantitative estimate of drug-likeness (QED) is 0.447. The summed E-state index contributed by atoms with van der Waals surface area (Å²) in [5.41, 5.74) is 3.08. The largest absolute Gasteiger partial charge is 0.494 e. The maximum Gasteiger partial charge on any atom is 0.251 e. The zero-order valence-electron chi connectivity index (χ0n) is 17.5. The van der Waals surface area contributed by atoms with E-state index >= 15 is 0 Å². The van der Waals surface area contributed by atoms with Gasteiger partial charge in [-0.15, -0.1) is 0 Å². The molecule has 30 heavy (non-hydrogen) atoms. The van der Waals surface area contributed by atoms with Gasteiger partial charge in [0.05, 0.1) is 13.2 Å². The molecule has 0 saturated heterocycles. The standard InChI is InChI=1S/C26H29NO3/c1-21-9-13-24(14-10-21)29-19-5-6-20-30-25-15-11-23(12-16-25)26(28)27-18-17-22-7-3-2-4-8-22/h2-4,7-16H,5-6,17-20H2,1H3,(H,27,28). The van der Waals surface area contributed by atoms with Crippen LogP contribution in [-0.2, 0) is 6.42 Å². The number of nitrogens with one attached hydrogen (secondary N) is 1. The van der Waals surface area contributed by atoms with E-state index in [0.29, 0.717) is 25.3 Å². The van der Waals surface area contributed by atoms with Crippen LogP contribution in [0.2, 0.25) is 0 Å². The molecule has 3 aromatic rings. The molecule has 0 aliphatic carbocycles. The fraction of sp³-hybridized carbons (Fsp3) is 0.269. The molecule has 156 valence electrons. The Kier molecular flexibility index (Phi) is 8.34. The van der Waals surface area contributed by atoms with Crippen LogP contribution in [0.25, 0.3) is 0 Å². The lowest BCUT2D eigenvalue weighted by molar-refractivity contribution is 0.0954. The molecule has 3 aromatic carbocycles. The van der Waals surface area contributed by atoms with Crippen LogP contribution in [-0.4, -0.2) is 25.7 Å². The van der Waals surface area contributed by atoms with Gasteiger partial charge in [-0.1, -0.05) is 48.0 Å². The van der Waals surface area contributed by atoms with Crippen molar-refractivity contribution in [3.63, 3.8) is 0 Å². The maximum atomic E-state index is 12.2. The van der Waals surface area contributed by atoms with Gasteiger partial charge in [-0.25, -0.2) is 0 Å². The Hall–Kier alpha value is -3.27. The number of aryl methyl sites for hydroxylation is 1. The molecule has 0 atom stereocenters. The third-order valence-corrected chi connectivity index (χ3v) is 4.76. The van der Waals surface area contributed by atoms with Crippen LogP contribution < -0.4 is 14.8 Å². The number of rotatable bonds is 11. The summed E-state index contributed by atoms with van der Waals surface area (Å²) in [7, 11) is 0. The van der Waals surface area contributed by atoms with Gasteiger partial charge in [-0.3, -0.25) is 4.79 Å². The van der Waals surface area contributed by atoms with Crippen molar-refractivity contribution < 1.29 is 14.3 Å². The van der Waals surface area contributed by atoms with Gasteiger partial charge in [-0.05, 0) is 68.1 Å². The van der Waals surface area contributed by atoms with Gasteiger partial charge >= 0.3 is 0 Å². The fourth-order valence-electron chi connectivity index (χ4n) is 2.99. The number of benzene rings is 3. The highest BCUT2D eigenvalue weighted by atomic mass is 16.5. The summed E-state index contributed by atoms with van der Waals surface area (Å²) in [6, 6.07) is 25.5. The third-order valence-electron chi connectivity index (χ3n) is 4.76. The number of unbranched alkanes of at least 4 members (excludes halogenated alkanes) is 1. The van der Waals surface area contributed by atoms with E-state index < -0.39 is 0 Å². The highest BCUT2D eigenvalue weighted by molar-refractivity contribution is 5.94. The number of hydrogen-bond acceptors (Lipinski definition) is 3. The van der Waals surface area contributed by atoms with Crippen molar-refractivity contribution in [1.82, 2.24) is 5.32 Å². The van der Waals surface area contributed by atoms with Crippen LogP contribution >= 0.6 is 0 Å². The van der Waals surface area contributed by atoms with Crippen LogP contribution in [0.4, 0.5) is 0 Å². The number of hydrogen-bond donors (Lipinski definition) is 1. The lowest BCUT2D eigenvalue weighted by Crippen LogP contribution is -2.25. The Balaban J connectivity index is 1.30. The molecule has 0 aliphatic rings. The van der Waals surface area contributed by atoms with E-state index in [2.05, 4.69) is 24.4 Å². The maximum absolute atomic E-state index is 12.2. The summed E-state index contributed by atoms with van der Waals surface area (Å²) in [5, 5.41) is 2.96. The molecule has 3 rings (SSSR count). The number of ether oxygens (including phenoxy) is 2. The predicted octanol–water partition coefficient (Wildman–Crippen LogP) is 5.21. The zero-order chi connectivity index (χ0) is 21.0. The smallest absolute Gasteiger partial charge is 0.251 e. The van der Waals surface area contributed by atoms with Gasteiger partial charge < -0.3 is 14.8 Å². The molecule has 1 N–H and O–H groups in total. The molecule has 0 spiro atoms. The average molecular weight is 404 g/mol. The molecule has 1 amide bonds. The van der Waals surface area contributed by atoms with E-state index in [-0.39, 0.29) is 5.91 Å². The van der Waals surface area contributed by atoms with Crippen molar-refractivity contribution in [3.8, 4) is 11.5 Å². The Bertz CT molecular complexity index is 890. The Morgan fingerprint density at radius 2 is 1.33 bits per heavy atom. The Morgan fingerprint density at radius 3 is 1.93 bits per heavy atom. The molecule has 0 aromatic heterocycles. The van der Waals surface area contributed by atoms with Gasteiger partial charge in [0.1, 0.15) is 11.5 Å².